The first-order valence-electron chi connectivity index (χ1n) is 9.73. The van der Waals surface area contributed by atoms with Crippen molar-refractivity contribution in [3.8, 4) is 0 Å². The molecule has 1 aromatic heterocycles. The molecular weight excluding hydrogens is 328 g/mol. The molecule has 5 heteroatoms. The van der Waals surface area contributed by atoms with Crippen molar-refractivity contribution in [1.29, 1.82) is 0 Å². The molecule has 0 spiro atoms. The van der Waals surface area contributed by atoms with Crippen LogP contribution in [0.1, 0.15) is 35.9 Å². The zero-order valence-corrected chi connectivity index (χ0v) is 15.7. The fraction of sp³-hybridized carbons (Fsp3) is 0.571. The van der Waals surface area contributed by atoms with Gasteiger partial charge in [0.1, 0.15) is 11.3 Å². The van der Waals surface area contributed by atoms with E-state index in [9.17, 15) is 4.79 Å². The highest BCUT2D eigenvalue weighted by molar-refractivity contribution is 6.05. The van der Waals surface area contributed by atoms with Crippen LogP contribution in [0.3, 0.4) is 0 Å². The van der Waals surface area contributed by atoms with Crippen LogP contribution in [0.2, 0.25) is 0 Å². The van der Waals surface area contributed by atoms with Crippen LogP contribution in [0.5, 0.6) is 0 Å². The number of rotatable bonds is 3. The van der Waals surface area contributed by atoms with Crippen molar-refractivity contribution in [2.75, 3.05) is 39.4 Å². The maximum absolute atomic E-state index is 13.0. The Morgan fingerprint density at radius 3 is 2.62 bits per heavy atom. The van der Waals surface area contributed by atoms with Crippen LogP contribution in [0.15, 0.2) is 28.7 Å². The lowest BCUT2D eigenvalue weighted by Crippen LogP contribution is -2.49. The lowest BCUT2D eigenvalue weighted by Gasteiger charge is -2.41. The lowest BCUT2D eigenvalue weighted by molar-refractivity contribution is -0.000944. The highest BCUT2D eigenvalue weighted by atomic mass is 16.5. The van der Waals surface area contributed by atoms with E-state index in [0.29, 0.717) is 17.5 Å². The third-order valence-corrected chi connectivity index (χ3v) is 6.03. The number of carbonyl (C=O) groups excluding carboxylic acids is 1. The number of likely N-dealkylation sites (tertiary alicyclic amines) is 1. The Balaban J connectivity index is 1.41. The second-order valence-corrected chi connectivity index (χ2v) is 7.60. The highest BCUT2D eigenvalue weighted by Gasteiger charge is 2.31. The summed E-state index contributed by atoms with van der Waals surface area (Å²) in [4.78, 5) is 17.6. The summed E-state index contributed by atoms with van der Waals surface area (Å²) in [6.45, 7) is 9.65. The Kier molecular flexibility index (Phi) is 5.00. The molecule has 2 aliphatic heterocycles. The first-order valence-corrected chi connectivity index (χ1v) is 9.73. The Morgan fingerprint density at radius 2 is 1.88 bits per heavy atom. The molecular formula is C21H28N2O3. The third-order valence-electron chi connectivity index (χ3n) is 6.03. The van der Waals surface area contributed by atoms with Crippen molar-refractivity contribution in [2.45, 2.75) is 32.7 Å². The Morgan fingerprint density at radius 1 is 1.15 bits per heavy atom. The number of carbonyl (C=O) groups is 1. The van der Waals surface area contributed by atoms with Gasteiger partial charge < -0.3 is 14.1 Å². The second kappa shape index (κ2) is 7.41. The molecule has 0 N–H and O–H groups in total. The van der Waals surface area contributed by atoms with E-state index in [0.717, 1.165) is 69.0 Å². The second-order valence-electron chi connectivity index (χ2n) is 7.60. The number of ether oxygens (including phenoxy) is 1. The SMILES string of the molecule is Cc1cc2cccc(C(=O)N3CCC(C(C)N4CCOCC4)CC3)c2o1. The Hall–Kier alpha value is -1.85. The predicted octanol–water partition coefficient (Wildman–Crippen LogP) is 3.31. The number of fused-ring (bicyclic) bond motifs is 1. The molecule has 5 nitrogen and oxygen atoms in total. The fourth-order valence-corrected chi connectivity index (χ4v) is 4.40. The number of para-hydroxylation sites is 1. The van der Waals surface area contributed by atoms with Gasteiger partial charge in [0.05, 0.1) is 18.8 Å². The van der Waals surface area contributed by atoms with Crippen LogP contribution >= 0.6 is 0 Å². The molecule has 3 heterocycles. The molecule has 4 rings (SSSR count). The Labute approximate surface area is 154 Å². The number of nitrogens with zero attached hydrogens (tertiary/aromatic N) is 2. The van der Waals surface area contributed by atoms with Gasteiger partial charge in [0.2, 0.25) is 0 Å². The van der Waals surface area contributed by atoms with E-state index < -0.39 is 0 Å². The van der Waals surface area contributed by atoms with Crippen molar-refractivity contribution in [3.63, 3.8) is 0 Å². The van der Waals surface area contributed by atoms with Crippen LogP contribution in [-0.4, -0.2) is 61.1 Å². The molecule has 1 unspecified atom stereocenters. The molecule has 0 aliphatic carbocycles. The van der Waals surface area contributed by atoms with Gasteiger partial charge >= 0.3 is 0 Å². The van der Waals surface area contributed by atoms with Gasteiger partial charge in [-0.15, -0.1) is 0 Å². The zero-order valence-electron chi connectivity index (χ0n) is 15.7. The summed E-state index contributed by atoms with van der Waals surface area (Å²) in [6.07, 6.45) is 2.13. The fourth-order valence-electron chi connectivity index (χ4n) is 4.40. The van der Waals surface area contributed by atoms with Crippen LogP contribution in [0.4, 0.5) is 0 Å². The van der Waals surface area contributed by atoms with Gasteiger partial charge in [-0.25, -0.2) is 0 Å². The maximum Gasteiger partial charge on any atom is 0.257 e. The van der Waals surface area contributed by atoms with E-state index >= 15 is 0 Å². The number of hydrogen-bond donors (Lipinski definition) is 0. The van der Waals surface area contributed by atoms with Gasteiger partial charge in [-0.2, -0.15) is 0 Å². The highest BCUT2D eigenvalue weighted by Crippen LogP contribution is 2.28. The van der Waals surface area contributed by atoms with Crippen LogP contribution < -0.4 is 0 Å². The van der Waals surface area contributed by atoms with Crippen molar-refractivity contribution in [3.05, 3.63) is 35.6 Å². The van der Waals surface area contributed by atoms with Crippen molar-refractivity contribution >= 4 is 16.9 Å². The number of piperidine rings is 1. The van der Waals surface area contributed by atoms with Gasteiger partial charge in [0, 0.05) is 37.6 Å². The van der Waals surface area contributed by atoms with Gasteiger partial charge in [-0.1, -0.05) is 12.1 Å². The van der Waals surface area contributed by atoms with E-state index in [2.05, 4.69) is 11.8 Å². The van der Waals surface area contributed by atoms with Crippen LogP contribution in [0.25, 0.3) is 11.0 Å². The summed E-state index contributed by atoms with van der Waals surface area (Å²) >= 11 is 0. The minimum absolute atomic E-state index is 0.0995. The smallest absolute Gasteiger partial charge is 0.257 e. The monoisotopic (exact) mass is 356 g/mol. The van der Waals surface area contributed by atoms with Crippen molar-refractivity contribution in [1.82, 2.24) is 9.80 Å². The van der Waals surface area contributed by atoms with Gasteiger partial charge in [0.15, 0.2) is 0 Å². The number of amides is 1. The standard InChI is InChI=1S/C21H28N2O3/c1-15-14-18-4-3-5-19(20(18)26-15)21(24)23-8-6-17(7-9-23)16(2)22-10-12-25-13-11-22/h3-5,14,16-17H,6-13H2,1-2H3. The van der Waals surface area contributed by atoms with E-state index in [1.807, 2.05) is 36.1 Å². The van der Waals surface area contributed by atoms with Crippen molar-refractivity contribution in [2.24, 2.45) is 5.92 Å². The summed E-state index contributed by atoms with van der Waals surface area (Å²) in [5, 5.41) is 1.00. The summed E-state index contributed by atoms with van der Waals surface area (Å²) < 4.78 is 11.3. The summed E-state index contributed by atoms with van der Waals surface area (Å²) in [5.41, 5.74) is 1.41. The molecule has 2 fully saturated rings. The minimum atomic E-state index is 0.0995. The molecule has 26 heavy (non-hydrogen) atoms. The summed E-state index contributed by atoms with van der Waals surface area (Å²) in [7, 11) is 0. The molecule has 1 atom stereocenters. The number of hydrogen-bond acceptors (Lipinski definition) is 4. The quantitative estimate of drug-likeness (QED) is 0.846. The number of furan rings is 1. The van der Waals surface area contributed by atoms with Crippen LogP contribution in [0, 0.1) is 12.8 Å². The lowest BCUT2D eigenvalue weighted by atomic mass is 9.89. The minimum Gasteiger partial charge on any atom is -0.461 e. The molecule has 1 aromatic carbocycles. The Bertz CT molecular complexity index is 771. The topological polar surface area (TPSA) is 45.9 Å². The maximum atomic E-state index is 13.0. The predicted molar refractivity (Wildman–Crippen MR) is 101 cm³/mol. The van der Waals surface area contributed by atoms with E-state index in [1.165, 1.54) is 0 Å². The molecule has 2 saturated heterocycles. The summed E-state index contributed by atoms with van der Waals surface area (Å²) in [5.74, 6) is 1.60. The molecule has 2 aromatic rings. The van der Waals surface area contributed by atoms with E-state index in [1.54, 1.807) is 0 Å². The van der Waals surface area contributed by atoms with Gasteiger partial charge in [0.25, 0.3) is 5.91 Å². The first kappa shape index (κ1) is 17.6. The molecule has 2 aliphatic rings. The molecule has 1 amide bonds. The summed E-state index contributed by atoms with van der Waals surface area (Å²) in [6, 6.07) is 8.38. The normalized spacial score (nSPS) is 21.2. The van der Waals surface area contributed by atoms with Gasteiger partial charge in [-0.3, -0.25) is 9.69 Å². The zero-order chi connectivity index (χ0) is 18.1. The van der Waals surface area contributed by atoms with Crippen molar-refractivity contribution < 1.29 is 13.9 Å². The third kappa shape index (κ3) is 3.38. The average molecular weight is 356 g/mol. The molecule has 0 bridgehead atoms. The number of benzene rings is 1. The number of aryl methyl sites for hydroxylation is 1. The van der Waals surface area contributed by atoms with Gasteiger partial charge in [-0.05, 0) is 44.7 Å². The first-order chi connectivity index (χ1) is 12.6. The van der Waals surface area contributed by atoms with E-state index in [-0.39, 0.29) is 5.91 Å². The average Bonchev–Trinajstić information content (AvgIpc) is 3.08. The van der Waals surface area contributed by atoms with Crippen LogP contribution in [-0.2, 0) is 4.74 Å². The molecule has 140 valence electrons. The van der Waals surface area contributed by atoms with E-state index in [4.69, 9.17) is 9.15 Å². The molecule has 0 saturated carbocycles. The number of morpholine rings is 1. The largest absolute Gasteiger partial charge is 0.461 e. The molecule has 0 radical (unpaired) electrons.